The molecule has 1 aromatic carbocycles. The quantitative estimate of drug-likeness (QED) is 0.947. The van der Waals surface area contributed by atoms with Gasteiger partial charge < -0.3 is 10.1 Å². The molecular weight excluding hydrogens is 276 g/mol. The maximum atomic E-state index is 11.7. The van der Waals surface area contributed by atoms with Crippen molar-refractivity contribution in [2.24, 2.45) is 5.92 Å². The molecule has 2 heterocycles. The van der Waals surface area contributed by atoms with Gasteiger partial charge in [-0.25, -0.2) is 4.98 Å². The normalized spacial score (nSPS) is 17.0. The Hall–Kier alpha value is -2.36. The SMILES string of the molecule is CNC(=O)c1cccc(C[C@H]2CCOc3ccccc3C2)n1. The van der Waals surface area contributed by atoms with Crippen LogP contribution in [0.4, 0.5) is 0 Å². The van der Waals surface area contributed by atoms with Gasteiger partial charge in [0, 0.05) is 12.7 Å². The zero-order valence-corrected chi connectivity index (χ0v) is 12.7. The molecule has 0 aliphatic carbocycles. The molecule has 1 aliphatic heterocycles. The van der Waals surface area contributed by atoms with Crippen molar-refractivity contribution in [2.45, 2.75) is 19.3 Å². The third-order valence-electron chi connectivity index (χ3n) is 4.03. The van der Waals surface area contributed by atoms with Crippen LogP contribution >= 0.6 is 0 Å². The molecule has 0 saturated heterocycles. The number of pyridine rings is 1. The van der Waals surface area contributed by atoms with Crippen LogP contribution in [0.15, 0.2) is 42.5 Å². The lowest BCUT2D eigenvalue weighted by atomic mass is 9.92. The molecule has 0 fully saturated rings. The van der Waals surface area contributed by atoms with Crippen molar-refractivity contribution in [1.82, 2.24) is 10.3 Å². The monoisotopic (exact) mass is 296 g/mol. The molecule has 114 valence electrons. The summed E-state index contributed by atoms with van der Waals surface area (Å²) < 4.78 is 5.81. The summed E-state index contributed by atoms with van der Waals surface area (Å²) in [5.41, 5.74) is 2.70. The number of carbonyl (C=O) groups is 1. The zero-order chi connectivity index (χ0) is 15.4. The number of nitrogens with zero attached hydrogens (tertiary/aromatic N) is 1. The number of ether oxygens (including phenoxy) is 1. The lowest BCUT2D eigenvalue weighted by Gasteiger charge is -2.13. The molecule has 0 unspecified atom stereocenters. The van der Waals surface area contributed by atoms with Gasteiger partial charge >= 0.3 is 0 Å². The van der Waals surface area contributed by atoms with Gasteiger partial charge in [-0.1, -0.05) is 24.3 Å². The molecule has 4 nitrogen and oxygen atoms in total. The van der Waals surface area contributed by atoms with Gasteiger partial charge in [-0.3, -0.25) is 4.79 Å². The fourth-order valence-corrected chi connectivity index (χ4v) is 2.88. The minimum atomic E-state index is -0.142. The van der Waals surface area contributed by atoms with E-state index in [1.807, 2.05) is 24.3 Å². The van der Waals surface area contributed by atoms with E-state index in [0.717, 1.165) is 37.3 Å². The third kappa shape index (κ3) is 3.27. The Balaban J connectivity index is 1.75. The first-order valence-electron chi connectivity index (χ1n) is 7.65. The van der Waals surface area contributed by atoms with Crippen LogP contribution in [0.5, 0.6) is 5.75 Å². The summed E-state index contributed by atoms with van der Waals surface area (Å²) in [4.78, 5) is 16.2. The van der Waals surface area contributed by atoms with Gasteiger partial charge in [-0.15, -0.1) is 0 Å². The number of fused-ring (bicyclic) bond motifs is 1. The molecule has 22 heavy (non-hydrogen) atoms. The van der Waals surface area contributed by atoms with E-state index in [2.05, 4.69) is 22.4 Å². The van der Waals surface area contributed by atoms with Gasteiger partial charge in [0.1, 0.15) is 11.4 Å². The van der Waals surface area contributed by atoms with E-state index in [9.17, 15) is 4.79 Å². The number of aromatic nitrogens is 1. The van der Waals surface area contributed by atoms with Crippen molar-refractivity contribution in [3.8, 4) is 5.75 Å². The highest BCUT2D eigenvalue weighted by molar-refractivity contribution is 5.91. The number of benzene rings is 1. The standard InChI is InChI=1S/C18H20N2O2/c1-19-18(21)16-7-4-6-15(20-16)12-13-9-10-22-17-8-3-2-5-14(17)11-13/h2-8,13H,9-12H2,1H3,(H,19,21)/t13-/m0/s1. The number of hydrogen-bond donors (Lipinski definition) is 1. The number of nitrogens with one attached hydrogen (secondary N) is 1. The molecule has 0 spiro atoms. The number of amides is 1. The predicted octanol–water partition coefficient (Wildman–Crippen LogP) is 2.63. The van der Waals surface area contributed by atoms with Crippen LogP contribution in [-0.4, -0.2) is 24.5 Å². The first kappa shape index (κ1) is 14.6. The Morgan fingerprint density at radius 2 is 2.14 bits per heavy atom. The van der Waals surface area contributed by atoms with E-state index in [4.69, 9.17) is 4.74 Å². The van der Waals surface area contributed by atoms with E-state index >= 15 is 0 Å². The zero-order valence-electron chi connectivity index (χ0n) is 12.7. The number of carbonyl (C=O) groups excluding carboxylic acids is 1. The summed E-state index contributed by atoms with van der Waals surface area (Å²) in [7, 11) is 1.62. The lowest BCUT2D eigenvalue weighted by Crippen LogP contribution is -2.20. The molecule has 2 aromatic rings. The van der Waals surface area contributed by atoms with Crippen LogP contribution in [0.3, 0.4) is 0 Å². The molecule has 1 aromatic heterocycles. The van der Waals surface area contributed by atoms with Gasteiger partial charge in [0.15, 0.2) is 0 Å². The average Bonchev–Trinajstić information content (AvgIpc) is 2.76. The molecular formula is C18H20N2O2. The molecule has 3 rings (SSSR count). The first-order chi connectivity index (χ1) is 10.8. The van der Waals surface area contributed by atoms with Gasteiger partial charge in [-0.2, -0.15) is 0 Å². The summed E-state index contributed by atoms with van der Waals surface area (Å²) >= 11 is 0. The topological polar surface area (TPSA) is 51.2 Å². The summed E-state index contributed by atoms with van der Waals surface area (Å²) in [6, 6.07) is 13.8. The van der Waals surface area contributed by atoms with Crippen LogP contribution in [-0.2, 0) is 12.8 Å². The van der Waals surface area contributed by atoms with Crippen molar-refractivity contribution < 1.29 is 9.53 Å². The molecule has 1 amide bonds. The maximum Gasteiger partial charge on any atom is 0.269 e. The summed E-state index contributed by atoms with van der Waals surface area (Å²) in [5, 5.41) is 2.61. The minimum Gasteiger partial charge on any atom is -0.493 e. The molecule has 0 radical (unpaired) electrons. The van der Waals surface area contributed by atoms with Crippen molar-refractivity contribution in [1.29, 1.82) is 0 Å². The Labute approximate surface area is 130 Å². The summed E-state index contributed by atoms with van der Waals surface area (Å²) in [6.07, 6.45) is 2.85. The highest BCUT2D eigenvalue weighted by Gasteiger charge is 2.18. The molecule has 4 heteroatoms. The molecule has 1 aliphatic rings. The van der Waals surface area contributed by atoms with Gasteiger partial charge in [0.2, 0.25) is 0 Å². The highest BCUT2D eigenvalue weighted by Crippen LogP contribution is 2.28. The minimum absolute atomic E-state index is 0.142. The number of para-hydroxylation sites is 1. The Kier molecular flexibility index (Phi) is 4.37. The average molecular weight is 296 g/mol. The first-order valence-corrected chi connectivity index (χ1v) is 7.65. The maximum absolute atomic E-state index is 11.7. The van der Waals surface area contributed by atoms with Gasteiger partial charge in [0.25, 0.3) is 5.91 Å². The van der Waals surface area contributed by atoms with Crippen molar-refractivity contribution in [3.63, 3.8) is 0 Å². The van der Waals surface area contributed by atoms with E-state index in [1.54, 1.807) is 13.1 Å². The van der Waals surface area contributed by atoms with E-state index in [-0.39, 0.29) is 5.91 Å². The molecule has 0 bridgehead atoms. The third-order valence-corrected chi connectivity index (χ3v) is 4.03. The molecule has 0 saturated carbocycles. The summed E-state index contributed by atoms with van der Waals surface area (Å²) in [6.45, 7) is 0.733. The van der Waals surface area contributed by atoms with E-state index in [1.165, 1.54) is 5.56 Å². The van der Waals surface area contributed by atoms with Crippen molar-refractivity contribution >= 4 is 5.91 Å². The van der Waals surface area contributed by atoms with Crippen LogP contribution in [0.2, 0.25) is 0 Å². The Morgan fingerprint density at radius 3 is 3.00 bits per heavy atom. The molecule has 1 N–H and O–H groups in total. The Morgan fingerprint density at radius 1 is 1.27 bits per heavy atom. The van der Waals surface area contributed by atoms with Crippen molar-refractivity contribution in [2.75, 3.05) is 13.7 Å². The Bertz CT molecular complexity index is 670. The predicted molar refractivity (Wildman–Crippen MR) is 85.1 cm³/mol. The largest absolute Gasteiger partial charge is 0.493 e. The number of rotatable bonds is 3. The van der Waals surface area contributed by atoms with Gasteiger partial charge in [-0.05, 0) is 48.9 Å². The number of hydrogen-bond acceptors (Lipinski definition) is 3. The second kappa shape index (κ2) is 6.60. The smallest absolute Gasteiger partial charge is 0.269 e. The van der Waals surface area contributed by atoms with Crippen LogP contribution < -0.4 is 10.1 Å². The lowest BCUT2D eigenvalue weighted by molar-refractivity contribution is 0.0958. The summed E-state index contributed by atoms with van der Waals surface area (Å²) in [5.74, 6) is 1.34. The van der Waals surface area contributed by atoms with E-state index < -0.39 is 0 Å². The second-order valence-corrected chi connectivity index (χ2v) is 5.61. The van der Waals surface area contributed by atoms with Crippen LogP contribution in [0.1, 0.15) is 28.2 Å². The second-order valence-electron chi connectivity index (χ2n) is 5.61. The van der Waals surface area contributed by atoms with Crippen LogP contribution in [0, 0.1) is 5.92 Å². The molecule has 1 atom stereocenters. The fraction of sp³-hybridized carbons (Fsp3) is 0.333. The van der Waals surface area contributed by atoms with Crippen molar-refractivity contribution in [3.05, 3.63) is 59.4 Å². The highest BCUT2D eigenvalue weighted by atomic mass is 16.5. The van der Waals surface area contributed by atoms with Gasteiger partial charge in [0.05, 0.1) is 6.61 Å². The van der Waals surface area contributed by atoms with Crippen LogP contribution in [0.25, 0.3) is 0 Å². The fourth-order valence-electron chi connectivity index (χ4n) is 2.88. The van der Waals surface area contributed by atoms with E-state index in [0.29, 0.717) is 11.6 Å².